The number of rotatable bonds is 3. The van der Waals surface area contributed by atoms with Crippen molar-refractivity contribution in [3.8, 4) is 5.75 Å². The van der Waals surface area contributed by atoms with E-state index in [1.807, 2.05) is 25.1 Å². The maximum Gasteiger partial charge on any atom is 0.163 e. The zero-order chi connectivity index (χ0) is 12.3. The second-order valence-electron chi connectivity index (χ2n) is 4.95. The summed E-state index contributed by atoms with van der Waals surface area (Å²) in [6, 6.07) is 5.83. The van der Waals surface area contributed by atoms with Crippen LogP contribution in [0.1, 0.15) is 50.5 Å². The van der Waals surface area contributed by atoms with Crippen molar-refractivity contribution < 1.29 is 9.53 Å². The van der Waals surface area contributed by atoms with Crippen molar-refractivity contribution in [3.05, 3.63) is 29.3 Å². The molecule has 0 spiro atoms. The zero-order valence-electron chi connectivity index (χ0n) is 10.8. The highest BCUT2D eigenvalue weighted by atomic mass is 16.5. The molecule has 0 N–H and O–H groups in total. The Morgan fingerprint density at radius 2 is 1.94 bits per heavy atom. The molecule has 0 atom stereocenters. The molecule has 0 radical (unpaired) electrons. The molecule has 0 amide bonds. The Hall–Kier alpha value is -1.31. The van der Waals surface area contributed by atoms with E-state index in [9.17, 15) is 4.79 Å². The quantitative estimate of drug-likeness (QED) is 0.728. The molecule has 1 aromatic rings. The Morgan fingerprint density at radius 1 is 1.31 bits per heavy atom. The van der Waals surface area contributed by atoms with Crippen LogP contribution in [-0.2, 0) is 5.41 Å². The third kappa shape index (κ3) is 2.84. The largest absolute Gasteiger partial charge is 0.493 e. The number of Topliss-reactive ketones (excluding diaryl/α,β-unsaturated/α-hetero) is 1. The van der Waals surface area contributed by atoms with Crippen molar-refractivity contribution >= 4 is 5.78 Å². The SMILES string of the molecule is CCOc1cc(C(C)(C)C)ccc1C(C)=O. The molecule has 0 aliphatic carbocycles. The van der Waals surface area contributed by atoms with E-state index in [0.29, 0.717) is 17.9 Å². The van der Waals surface area contributed by atoms with Gasteiger partial charge in [0.2, 0.25) is 0 Å². The van der Waals surface area contributed by atoms with Crippen molar-refractivity contribution in [1.29, 1.82) is 0 Å². The van der Waals surface area contributed by atoms with Crippen molar-refractivity contribution in [1.82, 2.24) is 0 Å². The first-order valence-electron chi connectivity index (χ1n) is 5.64. The Kier molecular flexibility index (Phi) is 3.74. The third-order valence-corrected chi connectivity index (χ3v) is 2.53. The van der Waals surface area contributed by atoms with E-state index in [1.54, 1.807) is 6.92 Å². The fourth-order valence-electron chi connectivity index (χ4n) is 1.55. The number of hydrogen-bond acceptors (Lipinski definition) is 2. The van der Waals surface area contributed by atoms with Crippen LogP contribution < -0.4 is 4.74 Å². The van der Waals surface area contributed by atoms with Gasteiger partial charge < -0.3 is 4.74 Å². The van der Waals surface area contributed by atoms with E-state index >= 15 is 0 Å². The van der Waals surface area contributed by atoms with Crippen LogP contribution in [0.3, 0.4) is 0 Å². The van der Waals surface area contributed by atoms with Crippen LogP contribution in [0.15, 0.2) is 18.2 Å². The van der Waals surface area contributed by atoms with Gasteiger partial charge in [0.15, 0.2) is 5.78 Å². The molecule has 0 bridgehead atoms. The van der Waals surface area contributed by atoms with Crippen molar-refractivity contribution in [2.24, 2.45) is 0 Å². The fourth-order valence-corrected chi connectivity index (χ4v) is 1.55. The summed E-state index contributed by atoms with van der Waals surface area (Å²) in [6.07, 6.45) is 0. The molecular weight excluding hydrogens is 200 g/mol. The fraction of sp³-hybridized carbons (Fsp3) is 0.500. The van der Waals surface area contributed by atoms with E-state index in [4.69, 9.17) is 4.74 Å². The lowest BCUT2D eigenvalue weighted by Crippen LogP contribution is -2.12. The predicted octanol–water partition coefficient (Wildman–Crippen LogP) is 3.59. The number of carbonyl (C=O) groups is 1. The predicted molar refractivity (Wildman–Crippen MR) is 66.3 cm³/mol. The van der Waals surface area contributed by atoms with Crippen molar-refractivity contribution in [3.63, 3.8) is 0 Å². The molecule has 0 saturated carbocycles. The molecular formula is C14H20O2. The summed E-state index contributed by atoms with van der Waals surface area (Å²) < 4.78 is 5.51. The first kappa shape index (κ1) is 12.8. The van der Waals surface area contributed by atoms with Gasteiger partial charge in [-0.2, -0.15) is 0 Å². The van der Waals surface area contributed by atoms with E-state index in [-0.39, 0.29) is 11.2 Å². The maximum atomic E-state index is 11.4. The monoisotopic (exact) mass is 220 g/mol. The van der Waals surface area contributed by atoms with Crippen LogP contribution in [0, 0.1) is 0 Å². The minimum atomic E-state index is 0.0453. The smallest absolute Gasteiger partial charge is 0.163 e. The number of carbonyl (C=O) groups excluding carboxylic acids is 1. The Balaban J connectivity index is 3.22. The summed E-state index contributed by atoms with van der Waals surface area (Å²) in [7, 11) is 0. The van der Waals surface area contributed by atoms with Crippen LogP contribution in [-0.4, -0.2) is 12.4 Å². The summed E-state index contributed by atoms with van der Waals surface area (Å²) in [5.41, 5.74) is 1.91. The average molecular weight is 220 g/mol. The van der Waals surface area contributed by atoms with Gasteiger partial charge in [0, 0.05) is 0 Å². The van der Waals surface area contributed by atoms with Gasteiger partial charge in [0.05, 0.1) is 12.2 Å². The summed E-state index contributed by atoms with van der Waals surface area (Å²) in [5.74, 6) is 0.742. The second-order valence-corrected chi connectivity index (χ2v) is 4.95. The lowest BCUT2D eigenvalue weighted by atomic mass is 9.86. The molecule has 0 aliphatic heterocycles. The van der Waals surface area contributed by atoms with E-state index < -0.39 is 0 Å². The molecule has 0 unspecified atom stereocenters. The van der Waals surface area contributed by atoms with E-state index in [0.717, 1.165) is 0 Å². The third-order valence-electron chi connectivity index (χ3n) is 2.53. The first-order chi connectivity index (χ1) is 7.36. The van der Waals surface area contributed by atoms with Gasteiger partial charge in [-0.15, -0.1) is 0 Å². The zero-order valence-corrected chi connectivity index (χ0v) is 10.8. The topological polar surface area (TPSA) is 26.3 Å². The molecule has 2 nitrogen and oxygen atoms in total. The van der Waals surface area contributed by atoms with Crippen LogP contribution in [0.25, 0.3) is 0 Å². The summed E-state index contributed by atoms with van der Waals surface area (Å²) in [5, 5.41) is 0. The Bertz CT molecular complexity index is 386. The second kappa shape index (κ2) is 4.69. The number of hydrogen-bond donors (Lipinski definition) is 0. The van der Waals surface area contributed by atoms with Crippen LogP contribution in [0.2, 0.25) is 0 Å². The van der Waals surface area contributed by atoms with Crippen molar-refractivity contribution in [2.45, 2.75) is 40.0 Å². The van der Waals surface area contributed by atoms with Gasteiger partial charge in [0.1, 0.15) is 5.75 Å². The molecule has 0 fully saturated rings. The average Bonchev–Trinajstić information content (AvgIpc) is 2.16. The molecule has 88 valence electrons. The Labute approximate surface area is 97.6 Å². The van der Waals surface area contributed by atoms with Crippen LogP contribution in [0.4, 0.5) is 0 Å². The lowest BCUT2D eigenvalue weighted by molar-refractivity contribution is 0.101. The molecule has 1 rings (SSSR count). The minimum Gasteiger partial charge on any atom is -0.493 e. The molecule has 2 heteroatoms. The maximum absolute atomic E-state index is 11.4. The van der Waals surface area contributed by atoms with E-state index in [2.05, 4.69) is 20.8 Å². The number of ketones is 1. The highest BCUT2D eigenvalue weighted by Crippen LogP contribution is 2.28. The van der Waals surface area contributed by atoms with Gasteiger partial charge in [0.25, 0.3) is 0 Å². The summed E-state index contributed by atoms with van der Waals surface area (Å²) in [4.78, 5) is 11.4. The summed E-state index contributed by atoms with van der Waals surface area (Å²) in [6.45, 7) is 10.5. The molecule has 0 saturated heterocycles. The van der Waals surface area contributed by atoms with Gasteiger partial charge >= 0.3 is 0 Å². The highest BCUT2D eigenvalue weighted by molar-refractivity contribution is 5.96. The number of benzene rings is 1. The standard InChI is InChI=1S/C14H20O2/c1-6-16-13-9-11(14(3,4)5)7-8-12(13)10(2)15/h7-9H,6H2,1-5H3. The minimum absolute atomic E-state index is 0.0453. The van der Waals surface area contributed by atoms with Gasteiger partial charge in [-0.25, -0.2) is 0 Å². The van der Waals surface area contributed by atoms with Crippen LogP contribution in [0.5, 0.6) is 5.75 Å². The number of ether oxygens (including phenoxy) is 1. The first-order valence-corrected chi connectivity index (χ1v) is 5.64. The van der Waals surface area contributed by atoms with Gasteiger partial charge in [-0.05, 0) is 37.0 Å². The molecule has 1 aromatic carbocycles. The highest BCUT2D eigenvalue weighted by Gasteiger charge is 2.17. The summed E-state index contributed by atoms with van der Waals surface area (Å²) >= 11 is 0. The van der Waals surface area contributed by atoms with Crippen molar-refractivity contribution in [2.75, 3.05) is 6.61 Å². The van der Waals surface area contributed by atoms with Crippen LogP contribution >= 0.6 is 0 Å². The molecule has 0 aliphatic rings. The molecule has 0 aromatic heterocycles. The Morgan fingerprint density at radius 3 is 2.38 bits per heavy atom. The normalized spacial score (nSPS) is 11.3. The molecule has 0 heterocycles. The lowest BCUT2D eigenvalue weighted by Gasteiger charge is -2.20. The molecule has 16 heavy (non-hydrogen) atoms. The van der Waals surface area contributed by atoms with Gasteiger partial charge in [-0.1, -0.05) is 26.8 Å². The van der Waals surface area contributed by atoms with Gasteiger partial charge in [-0.3, -0.25) is 4.79 Å². The van der Waals surface area contributed by atoms with E-state index in [1.165, 1.54) is 5.56 Å².